The normalized spacial score (nSPS) is 12.8. The summed E-state index contributed by atoms with van der Waals surface area (Å²) in [5.41, 5.74) is 0. The molecule has 0 aromatic rings. The maximum atomic E-state index is 2.36. The number of hydrogen-bond acceptors (Lipinski definition) is 0. The Labute approximate surface area is 123 Å². The van der Waals surface area contributed by atoms with Crippen molar-refractivity contribution in [2.45, 2.75) is 117 Å². The third kappa shape index (κ3) is 14.2. The van der Waals surface area contributed by atoms with Gasteiger partial charge in [0.25, 0.3) is 0 Å². The van der Waals surface area contributed by atoms with Gasteiger partial charge in [-0.2, -0.15) is 0 Å². The molecule has 0 amide bonds. The zero-order chi connectivity index (χ0) is 14.2. The summed E-state index contributed by atoms with van der Waals surface area (Å²) in [5, 5.41) is 0. The molecule has 116 valence electrons. The molecule has 0 saturated heterocycles. The highest BCUT2D eigenvalue weighted by Crippen LogP contribution is 2.19. The predicted molar refractivity (Wildman–Crippen MR) is 89.8 cm³/mol. The van der Waals surface area contributed by atoms with E-state index in [1.807, 2.05) is 0 Å². The molecule has 0 heteroatoms. The monoisotopic (exact) mass is 268 g/mol. The Balaban J connectivity index is 3.09. The smallest absolute Gasteiger partial charge is 0.0417 e. The minimum atomic E-state index is 1.02. The van der Waals surface area contributed by atoms with E-state index in [4.69, 9.17) is 0 Å². The fourth-order valence-corrected chi connectivity index (χ4v) is 3.06. The zero-order valence-corrected chi connectivity index (χ0v) is 14.2. The molecular weight excluding hydrogens is 228 g/mol. The molecule has 0 fully saturated rings. The molecule has 0 nitrogen and oxygen atoms in total. The van der Waals surface area contributed by atoms with Crippen LogP contribution in [0.5, 0.6) is 0 Å². The van der Waals surface area contributed by atoms with Crippen molar-refractivity contribution in [3.63, 3.8) is 0 Å². The number of hydrogen-bond donors (Lipinski definition) is 0. The van der Waals surface area contributed by atoms with E-state index in [1.54, 1.807) is 0 Å². The van der Waals surface area contributed by atoms with E-state index >= 15 is 0 Å². The van der Waals surface area contributed by atoms with Crippen LogP contribution in [-0.2, 0) is 0 Å². The fourth-order valence-electron chi connectivity index (χ4n) is 3.06. The van der Waals surface area contributed by atoms with Crippen LogP contribution in [0.4, 0.5) is 0 Å². The SMILES string of the molecule is CCCCCCCCCCCCCC(CC)CCC. The molecule has 0 N–H and O–H groups in total. The van der Waals surface area contributed by atoms with Crippen molar-refractivity contribution < 1.29 is 0 Å². The third-order valence-corrected chi connectivity index (χ3v) is 4.49. The van der Waals surface area contributed by atoms with E-state index in [0.717, 1.165) is 5.92 Å². The Bertz CT molecular complexity index is 150. The molecule has 1 atom stereocenters. The van der Waals surface area contributed by atoms with Crippen molar-refractivity contribution in [3.05, 3.63) is 0 Å². The van der Waals surface area contributed by atoms with Crippen molar-refractivity contribution in [3.8, 4) is 0 Å². The molecule has 0 spiro atoms. The number of rotatable bonds is 15. The van der Waals surface area contributed by atoms with Crippen LogP contribution in [0.25, 0.3) is 0 Å². The maximum Gasteiger partial charge on any atom is -0.0417 e. The van der Waals surface area contributed by atoms with Gasteiger partial charge in [0.15, 0.2) is 0 Å². The van der Waals surface area contributed by atoms with Gasteiger partial charge in [-0.25, -0.2) is 0 Å². The first kappa shape index (κ1) is 19.0. The Morgan fingerprint density at radius 1 is 0.474 bits per heavy atom. The molecule has 0 aliphatic heterocycles. The maximum absolute atomic E-state index is 2.36. The van der Waals surface area contributed by atoms with E-state index in [2.05, 4.69) is 20.8 Å². The van der Waals surface area contributed by atoms with Gasteiger partial charge in [-0.1, -0.05) is 117 Å². The minimum Gasteiger partial charge on any atom is -0.0654 e. The molecule has 0 aliphatic rings. The first-order valence-electron chi connectivity index (χ1n) is 9.35. The van der Waals surface area contributed by atoms with Gasteiger partial charge < -0.3 is 0 Å². The van der Waals surface area contributed by atoms with E-state index in [-0.39, 0.29) is 0 Å². The summed E-state index contributed by atoms with van der Waals surface area (Å²) in [6.45, 7) is 6.98. The quantitative estimate of drug-likeness (QED) is 0.269. The standard InChI is InChI=1S/C19H40/c1-4-7-8-9-10-11-12-13-14-15-16-18-19(6-3)17-5-2/h19H,4-18H2,1-3H3. The molecule has 0 saturated carbocycles. The molecular formula is C19H40. The van der Waals surface area contributed by atoms with Gasteiger partial charge in [0, 0.05) is 0 Å². The lowest BCUT2D eigenvalue weighted by atomic mass is 9.94. The summed E-state index contributed by atoms with van der Waals surface area (Å²) < 4.78 is 0. The Morgan fingerprint density at radius 3 is 1.37 bits per heavy atom. The molecule has 0 rings (SSSR count). The number of unbranched alkanes of at least 4 members (excludes halogenated alkanes) is 10. The molecule has 0 bridgehead atoms. The summed E-state index contributed by atoms with van der Waals surface area (Å²) in [6, 6.07) is 0. The Kier molecular flexibility index (Phi) is 16.1. The molecule has 0 aromatic heterocycles. The van der Waals surface area contributed by atoms with Crippen molar-refractivity contribution in [1.82, 2.24) is 0 Å². The van der Waals surface area contributed by atoms with Crippen LogP contribution >= 0.6 is 0 Å². The van der Waals surface area contributed by atoms with Gasteiger partial charge in [-0.05, 0) is 5.92 Å². The first-order valence-corrected chi connectivity index (χ1v) is 9.35. The summed E-state index contributed by atoms with van der Waals surface area (Å²) in [6.07, 6.45) is 21.8. The molecule has 0 radical (unpaired) electrons. The second-order valence-electron chi connectivity index (χ2n) is 6.39. The molecule has 0 heterocycles. The second-order valence-corrected chi connectivity index (χ2v) is 6.39. The van der Waals surface area contributed by atoms with Crippen LogP contribution in [0.15, 0.2) is 0 Å². The van der Waals surface area contributed by atoms with E-state index in [0.29, 0.717) is 0 Å². The molecule has 0 aliphatic carbocycles. The average molecular weight is 269 g/mol. The van der Waals surface area contributed by atoms with Crippen LogP contribution in [-0.4, -0.2) is 0 Å². The van der Waals surface area contributed by atoms with Crippen LogP contribution < -0.4 is 0 Å². The van der Waals surface area contributed by atoms with Crippen LogP contribution in [0.3, 0.4) is 0 Å². The van der Waals surface area contributed by atoms with Crippen LogP contribution in [0, 0.1) is 5.92 Å². The minimum absolute atomic E-state index is 1.02. The van der Waals surface area contributed by atoms with Gasteiger partial charge in [0.1, 0.15) is 0 Å². The summed E-state index contributed by atoms with van der Waals surface area (Å²) >= 11 is 0. The van der Waals surface area contributed by atoms with Crippen LogP contribution in [0.2, 0.25) is 0 Å². The van der Waals surface area contributed by atoms with E-state index < -0.39 is 0 Å². The van der Waals surface area contributed by atoms with E-state index in [9.17, 15) is 0 Å². The van der Waals surface area contributed by atoms with E-state index in [1.165, 1.54) is 96.3 Å². The first-order chi connectivity index (χ1) is 9.35. The predicted octanol–water partition coefficient (Wildman–Crippen LogP) is 7.51. The van der Waals surface area contributed by atoms with Gasteiger partial charge in [-0.3, -0.25) is 0 Å². The summed E-state index contributed by atoms with van der Waals surface area (Å²) in [7, 11) is 0. The van der Waals surface area contributed by atoms with Gasteiger partial charge in [0.2, 0.25) is 0 Å². The highest BCUT2D eigenvalue weighted by Gasteiger charge is 2.03. The highest BCUT2D eigenvalue weighted by atomic mass is 14.1. The lowest BCUT2D eigenvalue weighted by Crippen LogP contribution is -1.97. The van der Waals surface area contributed by atoms with Crippen molar-refractivity contribution >= 4 is 0 Å². The Hall–Kier alpha value is 0. The average Bonchev–Trinajstić information content (AvgIpc) is 2.43. The van der Waals surface area contributed by atoms with Crippen LogP contribution in [0.1, 0.15) is 117 Å². The van der Waals surface area contributed by atoms with Gasteiger partial charge in [0.05, 0.1) is 0 Å². The fraction of sp³-hybridized carbons (Fsp3) is 1.00. The summed E-state index contributed by atoms with van der Waals surface area (Å²) in [4.78, 5) is 0. The molecule has 1 unspecified atom stereocenters. The topological polar surface area (TPSA) is 0 Å². The van der Waals surface area contributed by atoms with Crippen molar-refractivity contribution in [1.29, 1.82) is 0 Å². The third-order valence-electron chi connectivity index (χ3n) is 4.49. The van der Waals surface area contributed by atoms with Gasteiger partial charge in [-0.15, -0.1) is 0 Å². The largest absolute Gasteiger partial charge is 0.0654 e. The Morgan fingerprint density at radius 2 is 0.947 bits per heavy atom. The lowest BCUT2D eigenvalue weighted by molar-refractivity contribution is 0.407. The lowest BCUT2D eigenvalue weighted by Gasteiger charge is -2.12. The zero-order valence-electron chi connectivity index (χ0n) is 14.2. The highest BCUT2D eigenvalue weighted by molar-refractivity contribution is 4.57. The second kappa shape index (κ2) is 16.1. The van der Waals surface area contributed by atoms with Crippen molar-refractivity contribution in [2.75, 3.05) is 0 Å². The molecule has 0 aromatic carbocycles. The summed E-state index contributed by atoms with van der Waals surface area (Å²) in [5.74, 6) is 1.02. The van der Waals surface area contributed by atoms with Gasteiger partial charge >= 0.3 is 0 Å². The molecule has 19 heavy (non-hydrogen) atoms. The van der Waals surface area contributed by atoms with Crippen molar-refractivity contribution in [2.24, 2.45) is 5.92 Å².